The molecule has 2 heterocycles. The van der Waals surface area contributed by atoms with Gasteiger partial charge in [-0.05, 0) is 24.3 Å². The second kappa shape index (κ2) is 5.38. The number of aromatic nitrogens is 2. The molecule has 2 aromatic heterocycles. The highest BCUT2D eigenvalue weighted by Crippen LogP contribution is 2.23. The SMILES string of the molecule is CCc1nc2ccccc2n1CC(=O)c1ccc(Cl)s1. The smallest absolute Gasteiger partial charge is 0.192 e. The summed E-state index contributed by atoms with van der Waals surface area (Å²) in [6.45, 7) is 2.35. The maximum Gasteiger partial charge on any atom is 0.192 e. The van der Waals surface area contributed by atoms with E-state index in [4.69, 9.17) is 11.6 Å². The third-order valence-electron chi connectivity index (χ3n) is 3.20. The highest BCUT2D eigenvalue weighted by molar-refractivity contribution is 7.18. The molecule has 0 spiro atoms. The zero-order valence-electron chi connectivity index (χ0n) is 11.0. The van der Waals surface area contributed by atoms with Crippen LogP contribution in [0.15, 0.2) is 36.4 Å². The fourth-order valence-electron chi connectivity index (χ4n) is 2.26. The van der Waals surface area contributed by atoms with Gasteiger partial charge in [-0.3, -0.25) is 4.79 Å². The maximum absolute atomic E-state index is 12.3. The number of carbonyl (C=O) groups is 1. The molecule has 102 valence electrons. The van der Waals surface area contributed by atoms with Crippen molar-refractivity contribution in [2.45, 2.75) is 19.9 Å². The summed E-state index contributed by atoms with van der Waals surface area (Å²) in [5.74, 6) is 1.00. The molecule has 5 heteroatoms. The monoisotopic (exact) mass is 304 g/mol. The van der Waals surface area contributed by atoms with Crippen molar-refractivity contribution in [1.29, 1.82) is 0 Å². The van der Waals surface area contributed by atoms with Crippen molar-refractivity contribution in [3.05, 3.63) is 51.4 Å². The largest absolute Gasteiger partial charge is 0.320 e. The maximum atomic E-state index is 12.3. The van der Waals surface area contributed by atoms with Gasteiger partial charge in [0.25, 0.3) is 0 Å². The second-order valence-electron chi connectivity index (χ2n) is 4.48. The fourth-order valence-corrected chi connectivity index (χ4v) is 3.23. The topological polar surface area (TPSA) is 34.9 Å². The summed E-state index contributed by atoms with van der Waals surface area (Å²) < 4.78 is 2.63. The lowest BCUT2D eigenvalue weighted by molar-refractivity contribution is 0.0976. The molecule has 3 nitrogen and oxygen atoms in total. The van der Waals surface area contributed by atoms with Gasteiger partial charge in [0.2, 0.25) is 0 Å². The Morgan fingerprint density at radius 3 is 2.80 bits per heavy atom. The first kappa shape index (κ1) is 13.3. The Bertz CT molecular complexity index is 775. The van der Waals surface area contributed by atoms with Gasteiger partial charge in [-0.1, -0.05) is 30.7 Å². The first-order valence-corrected chi connectivity index (χ1v) is 7.61. The van der Waals surface area contributed by atoms with E-state index in [0.717, 1.165) is 23.3 Å². The van der Waals surface area contributed by atoms with Crippen molar-refractivity contribution in [3.63, 3.8) is 0 Å². The minimum Gasteiger partial charge on any atom is -0.320 e. The molecule has 0 bridgehead atoms. The van der Waals surface area contributed by atoms with Gasteiger partial charge in [-0.15, -0.1) is 11.3 Å². The predicted molar refractivity (Wildman–Crippen MR) is 82.8 cm³/mol. The van der Waals surface area contributed by atoms with E-state index in [-0.39, 0.29) is 5.78 Å². The van der Waals surface area contributed by atoms with Gasteiger partial charge < -0.3 is 4.57 Å². The number of fused-ring (bicyclic) bond motifs is 1. The lowest BCUT2D eigenvalue weighted by Gasteiger charge is -2.06. The van der Waals surface area contributed by atoms with Crippen LogP contribution in [0.2, 0.25) is 4.34 Å². The van der Waals surface area contributed by atoms with Crippen molar-refractivity contribution in [3.8, 4) is 0 Å². The van der Waals surface area contributed by atoms with Gasteiger partial charge >= 0.3 is 0 Å². The molecule has 0 atom stereocenters. The molecule has 0 fully saturated rings. The van der Waals surface area contributed by atoms with Crippen molar-refractivity contribution in [1.82, 2.24) is 9.55 Å². The van der Waals surface area contributed by atoms with Crippen LogP contribution in [-0.2, 0) is 13.0 Å². The number of rotatable bonds is 4. The number of thiophene rings is 1. The average Bonchev–Trinajstić information content (AvgIpc) is 3.03. The molecule has 0 unspecified atom stereocenters. The Morgan fingerprint density at radius 2 is 2.10 bits per heavy atom. The van der Waals surface area contributed by atoms with E-state index >= 15 is 0 Å². The molecule has 1 aromatic carbocycles. The van der Waals surface area contributed by atoms with Crippen LogP contribution in [0.3, 0.4) is 0 Å². The number of aryl methyl sites for hydroxylation is 1. The molecule has 20 heavy (non-hydrogen) atoms. The van der Waals surface area contributed by atoms with E-state index in [1.807, 2.05) is 35.8 Å². The predicted octanol–water partition coefficient (Wildman–Crippen LogP) is 4.20. The molecule has 0 aliphatic heterocycles. The lowest BCUT2D eigenvalue weighted by atomic mass is 10.3. The Morgan fingerprint density at radius 1 is 1.30 bits per heavy atom. The number of imidazole rings is 1. The zero-order valence-corrected chi connectivity index (χ0v) is 12.5. The Kier molecular flexibility index (Phi) is 3.59. The van der Waals surface area contributed by atoms with E-state index in [0.29, 0.717) is 15.8 Å². The summed E-state index contributed by atoms with van der Waals surface area (Å²) in [5, 5.41) is 0. The number of hydrogen-bond acceptors (Lipinski definition) is 3. The highest BCUT2D eigenvalue weighted by atomic mass is 35.5. The summed E-state index contributed by atoms with van der Waals surface area (Å²) in [5.41, 5.74) is 1.93. The van der Waals surface area contributed by atoms with Crippen LogP contribution >= 0.6 is 22.9 Å². The van der Waals surface area contributed by atoms with Crippen molar-refractivity contribution >= 4 is 39.8 Å². The first-order valence-electron chi connectivity index (χ1n) is 6.41. The van der Waals surface area contributed by atoms with Crippen LogP contribution < -0.4 is 0 Å². The molecule has 0 radical (unpaired) electrons. The Balaban J connectivity index is 1.99. The summed E-state index contributed by atoms with van der Waals surface area (Å²) in [6, 6.07) is 11.4. The van der Waals surface area contributed by atoms with Gasteiger partial charge in [-0.2, -0.15) is 0 Å². The van der Waals surface area contributed by atoms with Gasteiger partial charge in [0, 0.05) is 6.42 Å². The summed E-state index contributed by atoms with van der Waals surface area (Å²) in [4.78, 5) is 17.6. The van der Waals surface area contributed by atoms with Crippen LogP contribution in [0, 0.1) is 0 Å². The van der Waals surface area contributed by atoms with Crippen LogP contribution in [-0.4, -0.2) is 15.3 Å². The Labute approximate surface area is 125 Å². The van der Waals surface area contributed by atoms with E-state index in [1.165, 1.54) is 11.3 Å². The summed E-state index contributed by atoms with van der Waals surface area (Å²) in [7, 11) is 0. The first-order chi connectivity index (χ1) is 9.69. The number of para-hydroxylation sites is 2. The highest BCUT2D eigenvalue weighted by Gasteiger charge is 2.14. The van der Waals surface area contributed by atoms with E-state index in [2.05, 4.69) is 4.98 Å². The minimum absolute atomic E-state index is 0.0692. The molecule has 3 rings (SSSR count). The molecule has 3 aromatic rings. The molecule has 0 amide bonds. The van der Waals surface area contributed by atoms with E-state index in [9.17, 15) is 4.79 Å². The number of hydrogen-bond donors (Lipinski definition) is 0. The number of carbonyl (C=O) groups excluding carboxylic acids is 1. The molecule has 0 saturated heterocycles. The van der Waals surface area contributed by atoms with Crippen molar-refractivity contribution in [2.75, 3.05) is 0 Å². The molecular weight excluding hydrogens is 292 g/mol. The van der Waals surface area contributed by atoms with Crippen LogP contribution in [0.25, 0.3) is 11.0 Å². The van der Waals surface area contributed by atoms with Crippen LogP contribution in [0.4, 0.5) is 0 Å². The molecule has 0 aliphatic rings. The van der Waals surface area contributed by atoms with Crippen molar-refractivity contribution < 1.29 is 4.79 Å². The summed E-state index contributed by atoms with van der Waals surface area (Å²) >= 11 is 7.21. The molecule has 0 saturated carbocycles. The number of ketones is 1. The number of benzene rings is 1. The Hall–Kier alpha value is -1.65. The number of halogens is 1. The molecule has 0 N–H and O–H groups in total. The lowest BCUT2D eigenvalue weighted by Crippen LogP contribution is -2.11. The molecular formula is C15H13ClN2OS. The molecule has 0 aliphatic carbocycles. The fraction of sp³-hybridized carbons (Fsp3) is 0.200. The van der Waals surface area contributed by atoms with Crippen LogP contribution in [0.5, 0.6) is 0 Å². The van der Waals surface area contributed by atoms with Gasteiger partial charge in [0.15, 0.2) is 5.78 Å². The third kappa shape index (κ3) is 2.37. The van der Waals surface area contributed by atoms with Gasteiger partial charge in [0.1, 0.15) is 5.82 Å². The van der Waals surface area contributed by atoms with Gasteiger partial charge in [0.05, 0.1) is 26.8 Å². The average molecular weight is 305 g/mol. The summed E-state index contributed by atoms with van der Waals surface area (Å²) in [6.07, 6.45) is 0.799. The van der Waals surface area contributed by atoms with Crippen LogP contribution in [0.1, 0.15) is 22.4 Å². The second-order valence-corrected chi connectivity index (χ2v) is 6.20. The van der Waals surface area contributed by atoms with E-state index < -0.39 is 0 Å². The number of Topliss-reactive ketones (excluding diaryl/α,β-unsaturated/α-hetero) is 1. The van der Waals surface area contributed by atoms with E-state index in [1.54, 1.807) is 12.1 Å². The standard InChI is InChI=1S/C15H13ClN2OS/c1-2-15-17-10-5-3-4-6-11(10)18(15)9-12(19)13-7-8-14(16)20-13/h3-8H,2,9H2,1H3. The zero-order chi connectivity index (χ0) is 14.1. The number of nitrogens with zero attached hydrogens (tertiary/aromatic N) is 2. The van der Waals surface area contributed by atoms with Crippen molar-refractivity contribution in [2.24, 2.45) is 0 Å². The third-order valence-corrected chi connectivity index (χ3v) is 4.47. The quantitative estimate of drug-likeness (QED) is 0.677. The normalized spacial score (nSPS) is 11.1. The van der Waals surface area contributed by atoms with Gasteiger partial charge in [-0.25, -0.2) is 4.98 Å². The minimum atomic E-state index is 0.0692.